The van der Waals surface area contributed by atoms with Crippen LogP contribution in [0.25, 0.3) is 0 Å². The number of hydrogen-bond donors (Lipinski definition) is 0. The molecule has 80 valence electrons. The van der Waals surface area contributed by atoms with Gasteiger partial charge in [0, 0.05) is 12.8 Å². The number of rotatable bonds is 1. The highest BCUT2D eigenvalue weighted by atomic mass is 16.5. The molecule has 1 aliphatic carbocycles. The van der Waals surface area contributed by atoms with Crippen LogP contribution in [0.15, 0.2) is 0 Å². The van der Waals surface area contributed by atoms with E-state index in [4.69, 9.17) is 4.74 Å². The smallest absolute Gasteiger partial charge is 0.308 e. The Morgan fingerprint density at radius 3 is 2.71 bits per heavy atom. The molecule has 14 heavy (non-hydrogen) atoms. The summed E-state index contributed by atoms with van der Waals surface area (Å²) < 4.78 is 4.76. The monoisotopic (exact) mass is 198 g/mol. The Bertz CT molecular complexity index is 223. The van der Waals surface area contributed by atoms with Crippen LogP contribution in [0.4, 0.5) is 0 Å². The fourth-order valence-corrected chi connectivity index (χ4v) is 2.02. The van der Waals surface area contributed by atoms with Crippen LogP contribution in [0.1, 0.15) is 39.0 Å². The predicted molar refractivity (Wildman–Crippen MR) is 52.8 cm³/mol. The minimum atomic E-state index is -0.119. The Morgan fingerprint density at radius 1 is 1.36 bits per heavy atom. The molecule has 0 aromatic heterocycles. The molecule has 2 atom stereocenters. The normalized spacial score (nSPS) is 29.1. The molecule has 0 bridgehead atoms. The second kappa shape index (κ2) is 5.13. The summed E-state index contributed by atoms with van der Waals surface area (Å²) in [5, 5.41) is 0. The summed E-state index contributed by atoms with van der Waals surface area (Å²) in [7, 11) is 1.43. The molecule has 1 fully saturated rings. The van der Waals surface area contributed by atoms with Crippen molar-refractivity contribution < 1.29 is 14.3 Å². The second-order valence-electron chi connectivity index (χ2n) is 4.08. The summed E-state index contributed by atoms with van der Waals surface area (Å²) in [5.41, 5.74) is 0. The molecule has 0 saturated heterocycles. The summed E-state index contributed by atoms with van der Waals surface area (Å²) in [6.45, 7) is 2.03. The zero-order valence-corrected chi connectivity index (χ0v) is 8.91. The lowest BCUT2D eigenvalue weighted by atomic mass is 9.82. The van der Waals surface area contributed by atoms with Crippen LogP contribution in [0.5, 0.6) is 0 Å². The summed E-state index contributed by atoms with van der Waals surface area (Å²) in [4.78, 5) is 22.6. The van der Waals surface area contributed by atoms with E-state index in [0.29, 0.717) is 18.6 Å². The standard InChI is InChI=1S/C11H18O3/c1-8-6-7-9(12)4-3-5-10(8)11(13)14-2/h8,10H,3-7H2,1-2H3/t8-,10?/m0/s1. The Labute approximate surface area is 84.8 Å². The third kappa shape index (κ3) is 2.82. The molecule has 1 saturated carbocycles. The van der Waals surface area contributed by atoms with Crippen LogP contribution in [-0.4, -0.2) is 18.9 Å². The van der Waals surface area contributed by atoms with Crippen molar-refractivity contribution in [3.8, 4) is 0 Å². The number of carbonyl (C=O) groups excluding carboxylic acids is 2. The van der Waals surface area contributed by atoms with Gasteiger partial charge >= 0.3 is 5.97 Å². The summed E-state index contributed by atoms with van der Waals surface area (Å²) >= 11 is 0. The molecule has 3 heteroatoms. The predicted octanol–water partition coefficient (Wildman–Crippen LogP) is 1.94. The van der Waals surface area contributed by atoms with Crippen molar-refractivity contribution in [1.29, 1.82) is 0 Å². The van der Waals surface area contributed by atoms with Gasteiger partial charge in [0.15, 0.2) is 0 Å². The molecule has 0 aromatic carbocycles. The zero-order valence-electron chi connectivity index (χ0n) is 8.91. The average Bonchev–Trinajstić information content (AvgIpc) is 2.17. The average molecular weight is 198 g/mol. The SMILES string of the molecule is COC(=O)C1CCCC(=O)CC[C@@H]1C. The van der Waals surface area contributed by atoms with Crippen LogP contribution >= 0.6 is 0 Å². The Balaban J connectivity index is 2.57. The number of hydrogen-bond acceptors (Lipinski definition) is 3. The molecule has 0 amide bonds. The second-order valence-corrected chi connectivity index (χ2v) is 4.08. The van der Waals surface area contributed by atoms with Gasteiger partial charge in [0.1, 0.15) is 5.78 Å². The first-order valence-corrected chi connectivity index (χ1v) is 5.24. The van der Waals surface area contributed by atoms with E-state index in [2.05, 4.69) is 0 Å². The minimum Gasteiger partial charge on any atom is -0.469 e. The zero-order chi connectivity index (χ0) is 10.6. The van der Waals surface area contributed by atoms with Gasteiger partial charge in [-0.2, -0.15) is 0 Å². The molecule has 1 unspecified atom stereocenters. The molecular weight excluding hydrogens is 180 g/mol. The number of carbonyl (C=O) groups is 2. The third-order valence-electron chi connectivity index (χ3n) is 3.04. The molecule has 0 radical (unpaired) electrons. The number of ketones is 1. The number of esters is 1. The van der Waals surface area contributed by atoms with E-state index in [1.165, 1.54) is 7.11 Å². The van der Waals surface area contributed by atoms with Crippen LogP contribution in [0, 0.1) is 11.8 Å². The maximum absolute atomic E-state index is 11.4. The highest BCUT2D eigenvalue weighted by molar-refractivity contribution is 5.79. The van der Waals surface area contributed by atoms with Crippen molar-refractivity contribution in [3.63, 3.8) is 0 Å². The van der Waals surface area contributed by atoms with E-state index in [1.54, 1.807) is 0 Å². The highest BCUT2D eigenvalue weighted by Gasteiger charge is 2.27. The molecule has 0 aliphatic heterocycles. The van der Waals surface area contributed by atoms with E-state index in [9.17, 15) is 9.59 Å². The van der Waals surface area contributed by atoms with Gasteiger partial charge in [0.2, 0.25) is 0 Å². The first-order chi connectivity index (χ1) is 6.65. The van der Waals surface area contributed by atoms with Gasteiger partial charge in [0.05, 0.1) is 13.0 Å². The fourth-order valence-electron chi connectivity index (χ4n) is 2.02. The molecule has 1 aliphatic rings. The summed E-state index contributed by atoms with van der Waals surface area (Å²) in [6.07, 6.45) is 3.68. The van der Waals surface area contributed by atoms with E-state index < -0.39 is 0 Å². The fraction of sp³-hybridized carbons (Fsp3) is 0.818. The van der Waals surface area contributed by atoms with E-state index in [-0.39, 0.29) is 17.8 Å². The molecule has 1 rings (SSSR count). The van der Waals surface area contributed by atoms with Gasteiger partial charge in [-0.05, 0) is 25.2 Å². The molecule has 0 aromatic rings. The van der Waals surface area contributed by atoms with Crippen molar-refractivity contribution in [2.45, 2.75) is 39.0 Å². The van der Waals surface area contributed by atoms with Crippen LogP contribution in [0.2, 0.25) is 0 Å². The van der Waals surface area contributed by atoms with Gasteiger partial charge in [-0.15, -0.1) is 0 Å². The van der Waals surface area contributed by atoms with Crippen molar-refractivity contribution in [2.75, 3.05) is 7.11 Å². The third-order valence-corrected chi connectivity index (χ3v) is 3.04. The first-order valence-electron chi connectivity index (χ1n) is 5.24. The lowest BCUT2D eigenvalue weighted by molar-refractivity contribution is -0.148. The molecule has 0 spiro atoms. The largest absolute Gasteiger partial charge is 0.469 e. The van der Waals surface area contributed by atoms with Crippen molar-refractivity contribution in [1.82, 2.24) is 0 Å². The first kappa shape index (κ1) is 11.2. The Hall–Kier alpha value is -0.860. The van der Waals surface area contributed by atoms with E-state index >= 15 is 0 Å². The van der Waals surface area contributed by atoms with Gasteiger partial charge in [0.25, 0.3) is 0 Å². The highest BCUT2D eigenvalue weighted by Crippen LogP contribution is 2.27. The van der Waals surface area contributed by atoms with Crippen LogP contribution in [0.3, 0.4) is 0 Å². The summed E-state index contributed by atoms with van der Waals surface area (Å²) in [5.74, 6) is 0.479. The van der Waals surface area contributed by atoms with Gasteiger partial charge in [-0.25, -0.2) is 0 Å². The van der Waals surface area contributed by atoms with Crippen molar-refractivity contribution in [2.24, 2.45) is 11.8 Å². The van der Waals surface area contributed by atoms with Crippen LogP contribution < -0.4 is 0 Å². The van der Waals surface area contributed by atoms with Crippen molar-refractivity contribution in [3.05, 3.63) is 0 Å². The van der Waals surface area contributed by atoms with Gasteiger partial charge in [-0.1, -0.05) is 6.92 Å². The Kier molecular flexibility index (Phi) is 4.11. The number of ether oxygens (including phenoxy) is 1. The van der Waals surface area contributed by atoms with Crippen LogP contribution in [-0.2, 0) is 14.3 Å². The lowest BCUT2D eigenvalue weighted by Gasteiger charge is -2.23. The molecular formula is C11H18O3. The lowest BCUT2D eigenvalue weighted by Crippen LogP contribution is -2.25. The van der Waals surface area contributed by atoms with Gasteiger partial charge in [-0.3, -0.25) is 9.59 Å². The van der Waals surface area contributed by atoms with Gasteiger partial charge < -0.3 is 4.74 Å². The minimum absolute atomic E-state index is 0.00639. The number of methoxy groups -OCH3 is 1. The quantitative estimate of drug-likeness (QED) is 0.605. The Morgan fingerprint density at radius 2 is 2.07 bits per heavy atom. The molecule has 0 heterocycles. The molecule has 3 nitrogen and oxygen atoms in total. The summed E-state index contributed by atoms with van der Waals surface area (Å²) in [6, 6.07) is 0. The van der Waals surface area contributed by atoms with E-state index in [0.717, 1.165) is 19.3 Å². The topological polar surface area (TPSA) is 43.4 Å². The maximum Gasteiger partial charge on any atom is 0.308 e. The maximum atomic E-state index is 11.4. The van der Waals surface area contributed by atoms with Crippen molar-refractivity contribution >= 4 is 11.8 Å². The molecule has 0 N–H and O–H groups in total. The van der Waals surface area contributed by atoms with E-state index in [1.807, 2.05) is 6.92 Å². The number of Topliss-reactive ketones (excluding diaryl/α,β-unsaturated/α-hetero) is 1.